The predicted octanol–water partition coefficient (Wildman–Crippen LogP) is 3.54. The van der Waals surface area contributed by atoms with Gasteiger partial charge in [0.25, 0.3) is 0 Å². The molecule has 0 spiro atoms. The topological polar surface area (TPSA) is 21.3 Å². The van der Waals surface area contributed by atoms with E-state index in [1.54, 1.807) is 0 Å². The number of ether oxygens (including phenoxy) is 1. The maximum atomic E-state index is 13.4. The molecule has 0 bridgehead atoms. The quantitative estimate of drug-likeness (QED) is 0.897. The molecule has 1 aliphatic rings. The minimum absolute atomic E-state index is 0.150. The van der Waals surface area contributed by atoms with E-state index in [1.165, 1.54) is 12.1 Å². The summed E-state index contributed by atoms with van der Waals surface area (Å²) in [5.41, 5.74) is 0.692. The molecular formula is C17H25F2NO. The molecule has 1 N–H and O–H groups in total. The number of hydrogen-bond acceptors (Lipinski definition) is 2. The van der Waals surface area contributed by atoms with Gasteiger partial charge in [-0.2, -0.15) is 0 Å². The Morgan fingerprint density at radius 2 is 1.71 bits per heavy atom. The molecule has 21 heavy (non-hydrogen) atoms. The van der Waals surface area contributed by atoms with Crippen LogP contribution in [0.3, 0.4) is 0 Å². The van der Waals surface area contributed by atoms with Crippen LogP contribution in [-0.4, -0.2) is 24.8 Å². The number of rotatable bonds is 5. The summed E-state index contributed by atoms with van der Waals surface area (Å²) in [6, 6.07) is 3.91. The van der Waals surface area contributed by atoms with Crippen LogP contribution in [0.15, 0.2) is 18.2 Å². The van der Waals surface area contributed by atoms with Crippen LogP contribution in [0.5, 0.6) is 0 Å². The summed E-state index contributed by atoms with van der Waals surface area (Å²) < 4.78 is 32.7. The molecule has 1 aliphatic heterocycles. The molecule has 0 saturated carbocycles. The molecule has 0 radical (unpaired) electrons. The summed E-state index contributed by atoms with van der Waals surface area (Å²) in [5.74, 6) is -0.275. The van der Waals surface area contributed by atoms with E-state index >= 15 is 0 Å². The van der Waals surface area contributed by atoms with Crippen LogP contribution in [-0.2, 0) is 11.2 Å². The van der Waals surface area contributed by atoms with E-state index in [0.717, 1.165) is 12.6 Å². The van der Waals surface area contributed by atoms with E-state index in [0.29, 0.717) is 23.8 Å². The van der Waals surface area contributed by atoms with Crippen molar-refractivity contribution in [1.82, 2.24) is 5.32 Å². The van der Waals surface area contributed by atoms with Gasteiger partial charge in [-0.25, -0.2) is 8.78 Å². The zero-order chi connectivity index (χ0) is 15.6. The largest absolute Gasteiger partial charge is 0.375 e. The lowest BCUT2D eigenvalue weighted by atomic mass is 9.81. The molecule has 1 fully saturated rings. The van der Waals surface area contributed by atoms with Gasteiger partial charge in [0, 0.05) is 18.0 Å². The molecular weight excluding hydrogens is 272 g/mol. The van der Waals surface area contributed by atoms with Crippen LogP contribution in [0, 0.1) is 23.5 Å². The molecule has 2 rings (SSSR count). The highest BCUT2D eigenvalue weighted by Crippen LogP contribution is 2.35. The zero-order valence-corrected chi connectivity index (χ0v) is 13.2. The second kappa shape index (κ2) is 6.84. The van der Waals surface area contributed by atoms with Crippen LogP contribution < -0.4 is 5.32 Å². The fourth-order valence-corrected chi connectivity index (χ4v) is 3.58. The van der Waals surface area contributed by atoms with Gasteiger partial charge in [-0.15, -0.1) is 0 Å². The average molecular weight is 297 g/mol. The zero-order valence-electron chi connectivity index (χ0n) is 13.2. The van der Waals surface area contributed by atoms with Crippen molar-refractivity contribution in [2.24, 2.45) is 11.8 Å². The minimum atomic E-state index is -0.516. The molecule has 1 saturated heterocycles. The third-order valence-corrected chi connectivity index (χ3v) is 4.63. The third kappa shape index (κ3) is 3.80. The van der Waals surface area contributed by atoms with Crippen molar-refractivity contribution in [3.05, 3.63) is 35.4 Å². The van der Waals surface area contributed by atoms with Crippen molar-refractivity contribution in [3.8, 4) is 0 Å². The van der Waals surface area contributed by atoms with E-state index in [1.807, 2.05) is 6.92 Å². The van der Waals surface area contributed by atoms with Crippen molar-refractivity contribution in [2.45, 2.75) is 52.4 Å². The summed E-state index contributed by atoms with van der Waals surface area (Å²) >= 11 is 0. The maximum absolute atomic E-state index is 13.4. The second-order valence-electron chi connectivity index (χ2n) is 6.13. The number of nitrogens with one attached hydrogen (secondary N) is 1. The SMILES string of the molecule is CCNC(Cc1cc(F)cc(F)c1)C1C(C)OC(C)C1C. The van der Waals surface area contributed by atoms with Crippen LogP contribution in [0.1, 0.15) is 33.3 Å². The van der Waals surface area contributed by atoms with Crippen LogP contribution in [0.25, 0.3) is 0 Å². The Hall–Kier alpha value is -1.00. The molecule has 118 valence electrons. The van der Waals surface area contributed by atoms with Crippen molar-refractivity contribution in [1.29, 1.82) is 0 Å². The number of likely N-dealkylation sites (N-methyl/N-ethyl adjacent to an activating group) is 1. The highest BCUT2D eigenvalue weighted by molar-refractivity contribution is 5.19. The van der Waals surface area contributed by atoms with Gasteiger partial charge in [-0.1, -0.05) is 13.8 Å². The average Bonchev–Trinajstić information content (AvgIpc) is 2.61. The highest BCUT2D eigenvalue weighted by Gasteiger charge is 2.41. The van der Waals surface area contributed by atoms with Crippen LogP contribution in [0.2, 0.25) is 0 Å². The van der Waals surface area contributed by atoms with Crippen molar-refractivity contribution in [3.63, 3.8) is 0 Å². The molecule has 0 aliphatic carbocycles. The van der Waals surface area contributed by atoms with Gasteiger partial charge < -0.3 is 10.1 Å². The summed E-state index contributed by atoms with van der Waals surface area (Å²) in [7, 11) is 0. The Bertz CT molecular complexity index is 460. The van der Waals surface area contributed by atoms with Gasteiger partial charge in [-0.3, -0.25) is 0 Å². The van der Waals surface area contributed by atoms with Gasteiger partial charge in [0.15, 0.2) is 0 Å². The Kier molecular flexibility index (Phi) is 5.33. The molecule has 0 amide bonds. The van der Waals surface area contributed by atoms with E-state index in [-0.39, 0.29) is 18.2 Å². The normalized spacial score (nSPS) is 30.6. The van der Waals surface area contributed by atoms with Gasteiger partial charge in [-0.05, 0) is 50.4 Å². The van der Waals surface area contributed by atoms with E-state index in [2.05, 4.69) is 26.1 Å². The smallest absolute Gasteiger partial charge is 0.126 e. The molecule has 5 atom stereocenters. The minimum Gasteiger partial charge on any atom is -0.375 e. The number of halogens is 2. The van der Waals surface area contributed by atoms with E-state index < -0.39 is 11.6 Å². The Labute approximate surface area is 125 Å². The lowest BCUT2D eigenvalue weighted by Crippen LogP contribution is -2.43. The fourth-order valence-electron chi connectivity index (χ4n) is 3.58. The first kappa shape index (κ1) is 16.4. The Balaban J connectivity index is 2.19. The molecule has 5 unspecified atom stereocenters. The summed E-state index contributed by atoms with van der Waals surface area (Å²) in [6.07, 6.45) is 0.977. The number of benzene rings is 1. The number of hydrogen-bond donors (Lipinski definition) is 1. The van der Waals surface area contributed by atoms with Crippen molar-refractivity contribution >= 4 is 0 Å². The second-order valence-corrected chi connectivity index (χ2v) is 6.13. The molecule has 1 aromatic carbocycles. The van der Waals surface area contributed by atoms with Crippen LogP contribution in [0.4, 0.5) is 8.78 Å². The lowest BCUT2D eigenvalue weighted by molar-refractivity contribution is 0.0476. The molecule has 2 nitrogen and oxygen atoms in total. The van der Waals surface area contributed by atoms with E-state index in [4.69, 9.17) is 4.74 Å². The standard InChI is InChI=1S/C17H25F2NO/c1-5-20-16(17-10(2)11(3)21-12(17)4)8-13-6-14(18)9-15(19)7-13/h6-7,9-12,16-17,20H,5,8H2,1-4H3. The first-order chi connectivity index (χ1) is 9.92. The van der Waals surface area contributed by atoms with Crippen molar-refractivity contribution < 1.29 is 13.5 Å². The monoisotopic (exact) mass is 297 g/mol. The van der Waals surface area contributed by atoms with Crippen molar-refractivity contribution in [2.75, 3.05) is 6.54 Å². The fraction of sp³-hybridized carbons (Fsp3) is 0.647. The molecule has 1 heterocycles. The maximum Gasteiger partial charge on any atom is 0.126 e. The Morgan fingerprint density at radius 3 is 2.19 bits per heavy atom. The third-order valence-electron chi connectivity index (χ3n) is 4.63. The highest BCUT2D eigenvalue weighted by atomic mass is 19.1. The van der Waals surface area contributed by atoms with E-state index in [9.17, 15) is 8.78 Å². The van der Waals surface area contributed by atoms with Crippen LogP contribution >= 0.6 is 0 Å². The summed E-state index contributed by atoms with van der Waals surface area (Å²) in [4.78, 5) is 0. The van der Waals surface area contributed by atoms with Gasteiger partial charge in [0.2, 0.25) is 0 Å². The van der Waals surface area contributed by atoms with Gasteiger partial charge >= 0.3 is 0 Å². The summed E-state index contributed by atoms with van der Waals surface area (Å²) in [5, 5.41) is 3.47. The molecule has 4 heteroatoms. The predicted molar refractivity (Wildman–Crippen MR) is 80.2 cm³/mol. The Morgan fingerprint density at radius 1 is 1.10 bits per heavy atom. The first-order valence-corrected chi connectivity index (χ1v) is 7.76. The summed E-state index contributed by atoms with van der Waals surface area (Å²) in [6.45, 7) is 9.24. The first-order valence-electron chi connectivity index (χ1n) is 7.76. The van der Waals surface area contributed by atoms with Gasteiger partial charge in [0.05, 0.1) is 12.2 Å². The molecule has 0 aromatic heterocycles. The lowest BCUT2D eigenvalue weighted by Gasteiger charge is -2.30. The molecule has 1 aromatic rings. The van der Waals surface area contributed by atoms with Gasteiger partial charge in [0.1, 0.15) is 11.6 Å².